The number of aromatic carboxylic acids is 1. The van der Waals surface area contributed by atoms with Crippen LogP contribution in [0.5, 0.6) is 0 Å². The summed E-state index contributed by atoms with van der Waals surface area (Å²) in [6.45, 7) is 3.12. The van der Waals surface area contributed by atoms with Crippen LogP contribution >= 0.6 is 0 Å². The second kappa shape index (κ2) is 8.81. The number of nitrogens with zero attached hydrogens (tertiary/aromatic N) is 1. The average molecular weight is 434 g/mol. The Labute approximate surface area is 175 Å². The fraction of sp³-hybridized carbons (Fsp3) is 0.273. The van der Waals surface area contributed by atoms with Crippen LogP contribution in [-0.4, -0.2) is 27.4 Å². The van der Waals surface area contributed by atoms with Gasteiger partial charge in [-0.25, -0.2) is 18.0 Å². The van der Waals surface area contributed by atoms with Crippen LogP contribution in [0.2, 0.25) is 0 Å². The number of benzene rings is 2. The lowest BCUT2D eigenvalue weighted by Crippen LogP contribution is -2.25. The van der Waals surface area contributed by atoms with Gasteiger partial charge in [0, 0.05) is 41.5 Å². The maximum atomic E-state index is 13.9. The zero-order chi connectivity index (χ0) is 22.9. The minimum Gasteiger partial charge on any atom is -0.477 e. The fourth-order valence-corrected chi connectivity index (χ4v) is 3.44. The number of pyridine rings is 1. The monoisotopic (exact) mass is 434 g/mol. The van der Waals surface area contributed by atoms with E-state index in [-0.39, 0.29) is 30.0 Å². The third kappa shape index (κ3) is 4.41. The van der Waals surface area contributed by atoms with E-state index in [4.69, 9.17) is 0 Å². The summed E-state index contributed by atoms with van der Waals surface area (Å²) in [7, 11) is 0. The van der Waals surface area contributed by atoms with Crippen molar-refractivity contribution in [2.45, 2.75) is 26.4 Å². The third-order valence-corrected chi connectivity index (χ3v) is 5.15. The average Bonchev–Trinajstić information content (AvgIpc) is 2.69. The minimum absolute atomic E-state index is 0.0559. The number of halogens is 3. The van der Waals surface area contributed by atoms with Crippen molar-refractivity contribution in [3.63, 3.8) is 0 Å². The standard InChI is InChI=1S/C22H21F3N2O4/c1-11(2)20(10-28)27-9-16(22(30)31)21(29)14-7-13(3-4-19(14)27)26-8-15-17(24)5-12(23)6-18(15)25/h3-7,9,11,20,26,28H,8,10H2,1-2H3,(H,30,31). The summed E-state index contributed by atoms with van der Waals surface area (Å²) in [5.74, 6) is -4.60. The van der Waals surface area contributed by atoms with Gasteiger partial charge in [0.15, 0.2) is 0 Å². The molecular formula is C22H21F3N2O4. The normalized spacial score (nSPS) is 12.4. The number of aromatic nitrogens is 1. The van der Waals surface area contributed by atoms with Crippen LogP contribution in [0.3, 0.4) is 0 Å². The molecule has 3 rings (SSSR count). The highest BCUT2D eigenvalue weighted by Crippen LogP contribution is 2.25. The molecule has 164 valence electrons. The van der Waals surface area contributed by atoms with Crippen LogP contribution < -0.4 is 10.7 Å². The van der Waals surface area contributed by atoms with Gasteiger partial charge < -0.3 is 20.1 Å². The van der Waals surface area contributed by atoms with Gasteiger partial charge in [-0.05, 0) is 24.1 Å². The van der Waals surface area contributed by atoms with E-state index in [1.807, 2.05) is 13.8 Å². The van der Waals surface area contributed by atoms with Crippen molar-refractivity contribution < 1.29 is 28.2 Å². The predicted molar refractivity (Wildman–Crippen MR) is 110 cm³/mol. The van der Waals surface area contributed by atoms with Gasteiger partial charge in [0.05, 0.1) is 18.2 Å². The number of hydrogen-bond donors (Lipinski definition) is 3. The number of hydrogen-bond acceptors (Lipinski definition) is 4. The number of carboxylic acid groups (broad SMARTS) is 1. The molecule has 1 atom stereocenters. The summed E-state index contributed by atoms with van der Waals surface area (Å²) in [5, 5.41) is 22.1. The zero-order valence-electron chi connectivity index (χ0n) is 16.8. The van der Waals surface area contributed by atoms with Gasteiger partial charge in [-0.1, -0.05) is 13.8 Å². The smallest absolute Gasteiger partial charge is 0.341 e. The molecule has 0 saturated carbocycles. The van der Waals surface area contributed by atoms with E-state index in [0.29, 0.717) is 23.3 Å². The summed E-state index contributed by atoms with van der Waals surface area (Å²) >= 11 is 0. The highest BCUT2D eigenvalue weighted by atomic mass is 19.1. The number of rotatable bonds is 7. The molecule has 3 N–H and O–H groups in total. The number of aliphatic hydroxyl groups excluding tert-OH is 1. The van der Waals surface area contributed by atoms with Crippen molar-refractivity contribution in [3.05, 3.63) is 75.3 Å². The molecule has 0 amide bonds. The van der Waals surface area contributed by atoms with E-state index in [0.717, 1.165) is 0 Å². The van der Waals surface area contributed by atoms with Gasteiger partial charge in [0.2, 0.25) is 5.43 Å². The zero-order valence-corrected chi connectivity index (χ0v) is 16.8. The molecule has 3 aromatic rings. The molecular weight excluding hydrogens is 413 g/mol. The molecule has 9 heteroatoms. The van der Waals surface area contributed by atoms with Gasteiger partial charge in [0.25, 0.3) is 0 Å². The van der Waals surface area contributed by atoms with Crippen LogP contribution in [0.15, 0.2) is 41.3 Å². The Morgan fingerprint density at radius 3 is 2.32 bits per heavy atom. The minimum atomic E-state index is -1.41. The third-order valence-electron chi connectivity index (χ3n) is 5.15. The fourth-order valence-electron chi connectivity index (χ4n) is 3.44. The van der Waals surface area contributed by atoms with E-state index >= 15 is 0 Å². The van der Waals surface area contributed by atoms with Crippen molar-refractivity contribution in [3.8, 4) is 0 Å². The van der Waals surface area contributed by atoms with Crippen molar-refractivity contribution >= 4 is 22.6 Å². The highest BCUT2D eigenvalue weighted by molar-refractivity contribution is 5.93. The Morgan fingerprint density at radius 1 is 1.13 bits per heavy atom. The first-order valence-electron chi connectivity index (χ1n) is 9.54. The molecule has 0 bridgehead atoms. The first-order valence-corrected chi connectivity index (χ1v) is 9.54. The lowest BCUT2D eigenvalue weighted by Gasteiger charge is -2.25. The first-order chi connectivity index (χ1) is 14.6. The molecule has 0 saturated heterocycles. The van der Waals surface area contributed by atoms with E-state index < -0.39 is 40.5 Å². The van der Waals surface area contributed by atoms with E-state index in [9.17, 15) is 33.0 Å². The Bertz CT molecular complexity index is 1180. The van der Waals surface area contributed by atoms with Crippen LogP contribution in [-0.2, 0) is 6.54 Å². The second-order valence-electron chi connectivity index (χ2n) is 7.51. The van der Waals surface area contributed by atoms with Crippen molar-refractivity contribution in [2.75, 3.05) is 11.9 Å². The number of carbonyl (C=O) groups is 1. The Balaban J connectivity index is 2.08. The van der Waals surface area contributed by atoms with Gasteiger partial charge in [-0.2, -0.15) is 0 Å². The first kappa shape index (κ1) is 22.4. The quantitative estimate of drug-likeness (QED) is 0.524. The van der Waals surface area contributed by atoms with Gasteiger partial charge >= 0.3 is 5.97 Å². The number of aliphatic hydroxyl groups is 1. The largest absolute Gasteiger partial charge is 0.477 e. The molecule has 0 spiro atoms. The maximum Gasteiger partial charge on any atom is 0.341 e. The summed E-state index contributed by atoms with van der Waals surface area (Å²) < 4.78 is 42.4. The highest BCUT2D eigenvalue weighted by Gasteiger charge is 2.21. The maximum absolute atomic E-state index is 13.9. The van der Waals surface area contributed by atoms with Crippen molar-refractivity contribution in [1.82, 2.24) is 4.57 Å². The van der Waals surface area contributed by atoms with Gasteiger partial charge in [-0.3, -0.25) is 4.79 Å². The Hall–Kier alpha value is -3.33. The molecule has 0 aliphatic heterocycles. The van der Waals surface area contributed by atoms with Crippen molar-refractivity contribution in [1.29, 1.82) is 0 Å². The summed E-state index contributed by atoms with van der Waals surface area (Å²) in [5.41, 5.74) is -0.834. The van der Waals surface area contributed by atoms with Crippen LogP contribution in [0.25, 0.3) is 10.9 Å². The molecule has 0 aliphatic carbocycles. The predicted octanol–water partition coefficient (Wildman–Crippen LogP) is 3.92. The molecule has 1 unspecified atom stereocenters. The molecule has 0 aliphatic rings. The lowest BCUT2D eigenvalue weighted by atomic mass is 10.0. The summed E-state index contributed by atoms with van der Waals surface area (Å²) in [6.07, 6.45) is 1.21. The van der Waals surface area contributed by atoms with Crippen LogP contribution in [0.4, 0.5) is 18.9 Å². The summed E-state index contributed by atoms with van der Waals surface area (Å²) in [6, 6.07) is 5.18. The molecule has 1 aromatic heterocycles. The van der Waals surface area contributed by atoms with Crippen LogP contribution in [0, 0.1) is 23.4 Å². The molecule has 6 nitrogen and oxygen atoms in total. The number of nitrogens with one attached hydrogen (secondary N) is 1. The molecule has 1 heterocycles. The van der Waals surface area contributed by atoms with Gasteiger partial charge in [-0.15, -0.1) is 0 Å². The van der Waals surface area contributed by atoms with E-state index in [1.165, 1.54) is 12.3 Å². The Morgan fingerprint density at radius 2 is 1.77 bits per heavy atom. The molecule has 31 heavy (non-hydrogen) atoms. The molecule has 0 radical (unpaired) electrons. The number of carboxylic acids is 1. The second-order valence-corrected chi connectivity index (χ2v) is 7.51. The van der Waals surface area contributed by atoms with Gasteiger partial charge in [0.1, 0.15) is 23.0 Å². The molecule has 2 aromatic carbocycles. The lowest BCUT2D eigenvalue weighted by molar-refractivity contribution is 0.0694. The van der Waals surface area contributed by atoms with E-state index in [1.54, 1.807) is 16.7 Å². The van der Waals surface area contributed by atoms with Crippen LogP contribution in [0.1, 0.15) is 35.8 Å². The topological polar surface area (TPSA) is 91.6 Å². The SMILES string of the molecule is CC(C)C(CO)n1cc(C(=O)O)c(=O)c2cc(NCc3c(F)cc(F)cc3F)ccc21. The number of fused-ring (bicyclic) bond motifs is 1. The van der Waals surface area contributed by atoms with E-state index in [2.05, 4.69) is 5.32 Å². The Kier molecular flexibility index (Phi) is 6.35. The number of anilines is 1. The summed E-state index contributed by atoms with van der Waals surface area (Å²) in [4.78, 5) is 24.3. The molecule has 0 fully saturated rings. The van der Waals surface area contributed by atoms with Crippen molar-refractivity contribution in [2.24, 2.45) is 5.92 Å².